The van der Waals surface area contributed by atoms with Crippen molar-refractivity contribution in [2.75, 3.05) is 46.5 Å². The third-order valence-corrected chi connectivity index (χ3v) is 7.27. The maximum atomic E-state index is 13.3. The number of benzene rings is 2. The Hall–Kier alpha value is -2.86. The summed E-state index contributed by atoms with van der Waals surface area (Å²) in [5.74, 6) is 0.624. The molecule has 0 N–H and O–H groups in total. The van der Waals surface area contributed by atoms with Crippen molar-refractivity contribution in [1.82, 2.24) is 9.80 Å². The van der Waals surface area contributed by atoms with Gasteiger partial charge in [0, 0.05) is 32.3 Å². The quantitative estimate of drug-likeness (QED) is 0.668. The number of piperidine rings is 1. The number of nitrogens with zero attached hydrogens (tertiary/aromatic N) is 2. The van der Waals surface area contributed by atoms with Crippen molar-refractivity contribution in [1.29, 1.82) is 0 Å². The highest BCUT2D eigenvalue weighted by Crippen LogP contribution is 2.38. The molecule has 1 fully saturated rings. The molecule has 0 atom stereocenters. The number of carbonyl (C=O) groups is 2. The van der Waals surface area contributed by atoms with Crippen molar-refractivity contribution in [3.8, 4) is 5.75 Å². The maximum absolute atomic E-state index is 13.3. The van der Waals surface area contributed by atoms with Crippen LogP contribution in [0.3, 0.4) is 0 Å². The fraction of sp³-hybridized carbons (Fsp3) is 0.500. The number of amides is 2. The van der Waals surface area contributed by atoms with Crippen molar-refractivity contribution in [2.45, 2.75) is 39.0 Å². The zero-order valence-electron chi connectivity index (χ0n) is 20.4. The third kappa shape index (κ3) is 5.61. The number of para-hydroxylation sites is 1. The van der Waals surface area contributed by atoms with E-state index in [2.05, 4.69) is 0 Å². The molecule has 6 heteroatoms. The highest BCUT2D eigenvalue weighted by Gasteiger charge is 2.36. The molecule has 2 aromatic carbocycles. The zero-order chi connectivity index (χ0) is 24.0. The molecule has 0 spiro atoms. The molecule has 2 aromatic rings. The lowest BCUT2D eigenvalue weighted by molar-refractivity contribution is 0.0136. The molecule has 0 aliphatic carbocycles. The summed E-state index contributed by atoms with van der Waals surface area (Å²) in [7, 11) is 1.76. The predicted octanol–water partition coefficient (Wildman–Crippen LogP) is 4.57. The largest absolute Gasteiger partial charge is 0.491 e. The number of hydrogen-bond donors (Lipinski definition) is 0. The molecule has 3 aliphatic heterocycles. The molecule has 0 saturated carbocycles. The second-order valence-corrected chi connectivity index (χ2v) is 9.69. The molecule has 1 saturated heterocycles. The van der Waals surface area contributed by atoms with E-state index in [4.69, 9.17) is 9.47 Å². The number of hydrogen-bond acceptors (Lipinski definition) is 4. The van der Waals surface area contributed by atoms with Gasteiger partial charge in [0.05, 0.1) is 18.7 Å². The minimum atomic E-state index is 0.0177. The Labute approximate surface area is 202 Å². The van der Waals surface area contributed by atoms with Gasteiger partial charge in [-0.25, -0.2) is 0 Å². The number of rotatable bonds is 3. The fourth-order valence-corrected chi connectivity index (χ4v) is 5.16. The fourth-order valence-electron chi connectivity index (χ4n) is 5.16. The monoisotopic (exact) mass is 464 g/mol. The summed E-state index contributed by atoms with van der Waals surface area (Å²) in [5, 5.41) is 0. The molecule has 0 unspecified atom stereocenters. The topological polar surface area (TPSA) is 59.1 Å². The Balaban J connectivity index is 1.57. The first-order valence-electron chi connectivity index (χ1n) is 12.4. The van der Waals surface area contributed by atoms with Gasteiger partial charge in [-0.3, -0.25) is 9.59 Å². The van der Waals surface area contributed by atoms with Gasteiger partial charge in [-0.1, -0.05) is 36.2 Å². The van der Waals surface area contributed by atoms with E-state index >= 15 is 0 Å². The highest BCUT2D eigenvalue weighted by molar-refractivity contribution is 5.97. The summed E-state index contributed by atoms with van der Waals surface area (Å²) in [6.45, 7) is 5.69. The van der Waals surface area contributed by atoms with E-state index in [0.29, 0.717) is 43.2 Å². The first-order valence-corrected chi connectivity index (χ1v) is 12.4. The Kier molecular flexibility index (Phi) is 7.88. The van der Waals surface area contributed by atoms with E-state index < -0.39 is 0 Å². The van der Waals surface area contributed by atoms with Gasteiger partial charge in [0.15, 0.2) is 0 Å². The van der Waals surface area contributed by atoms with Crippen molar-refractivity contribution >= 4 is 11.8 Å². The Morgan fingerprint density at radius 3 is 2.44 bits per heavy atom. The van der Waals surface area contributed by atoms with Crippen LogP contribution >= 0.6 is 0 Å². The molecule has 6 nitrogen and oxygen atoms in total. The van der Waals surface area contributed by atoms with Gasteiger partial charge in [-0.05, 0) is 62.3 Å². The van der Waals surface area contributed by atoms with Gasteiger partial charge < -0.3 is 19.3 Å². The van der Waals surface area contributed by atoms with Crippen LogP contribution in [-0.4, -0.2) is 68.1 Å². The van der Waals surface area contributed by atoms with E-state index in [1.165, 1.54) is 0 Å². The van der Waals surface area contributed by atoms with Crippen molar-refractivity contribution in [3.05, 3.63) is 65.2 Å². The summed E-state index contributed by atoms with van der Waals surface area (Å²) in [4.78, 5) is 30.4. The van der Waals surface area contributed by atoms with Crippen LogP contribution in [0.25, 0.3) is 0 Å². The number of aryl methyl sites for hydroxylation is 1. The van der Waals surface area contributed by atoms with Crippen LogP contribution in [0.2, 0.25) is 0 Å². The van der Waals surface area contributed by atoms with Gasteiger partial charge in [-0.2, -0.15) is 0 Å². The summed E-state index contributed by atoms with van der Waals surface area (Å²) < 4.78 is 11.7. The smallest absolute Gasteiger partial charge is 0.257 e. The standard InChI is InChI=1S/C28H36N2O4/c1-22-9-11-23(12-10-22)26(31)29-16-6-5-13-28(21-33-2)14-17-30(18-15-28)27(32)24-7-3-4-8-25(24)34-20-19-29/h3-4,7-12H,5-6,13-21H2,1-2H3. The average molecular weight is 465 g/mol. The van der Waals surface area contributed by atoms with Crippen LogP contribution < -0.4 is 4.74 Å². The maximum Gasteiger partial charge on any atom is 0.257 e. The van der Waals surface area contributed by atoms with Gasteiger partial charge >= 0.3 is 0 Å². The number of carbonyl (C=O) groups excluding carboxylic acids is 2. The third-order valence-electron chi connectivity index (χ3n) is 7.27. The van der Waals surface area contributed by atoms with Crippen LogP contribution in [0, 0.1) is 12.3 Å². The predicted molar refractivity (Wildman–Crippen MR) is 132 cm³/mol. The molecular formula is C28H36N2O4. The normalized spacial score (nSPS) is 19.1. The van der Waals surface area contributed by atoms with Gasteiger partial charge in [0.1, 0.15) is 12.4 Å². The number of ether oxygens (including phenoxy) is 2. The van der Waals surface area contributed by atoms with Crippen molar-refractivity contribution < 1.29 is 19.1 Å². The Morgan fingerprint density at radius 1 is 0.971 bits per heavy atom. The van der Waals surface area contributed by atoms with E-state index in [1.54, 1.807) is 7.11 Å². The van der Waals surface area contributed by atoms with Crippen LogP contribution in [-0.2, 0) is 4.74 Å². The lowest BCUT2D eigenvalue weighted by atomic mass is 9.75. The first kappa shape index (κ1) is 24.3. The Bertz CT molecular complexity index is 980. The summed E-state index contributed by atoms with van der Waals surface area (Å²) in [6.07, 6.45) is 4.87. The van der Waals surface area contributed by atoms with E-state index in [1.807, 2.05) is 65.3 Å². The second-order valence-electron chi connectivity index (χ2n) is 9.69. The lowest BCUT2D eigenvalue weighted by Crippen LogP contribution is -2.45. The van der Waals surface area contributed by atoms with Gasteiger partial charge in [0.2, 0.25) is 0 Å². The zero-order valence-corrected chi connectivity index (χ0v) is 20.4. The SMILES string of the molecule is COCC12CCCCN(C(=O)c3ccc(C)cc3)CCOc3ccccc3C(=O)N(CC1)CC2. The minimum Gasteiger partial charge on any atom is -0.491 e. The minimum absolute atomic E-state index is 0.0177. The summed E-state index contributed by atoms with van der Waals surface area (Å²) in [6, 6.07) is 15.2. The molecule has 3 heterocycles. The van der Waals surface area contributed by atoms with Crippen molar-refractivity contribution in [3.63, 3.8) is 0 Å². The lowest BCUT2D eigenvalue weighted by Gasteiger charge is -2.41. The van der Waals surface area contributed by atoms with E-state index in [9.17, 15) is 9.59 Å². The second kappa shape index (κ2) is 11.0. The molecule has 0 radical (unpaired) electrons. The van der Waals surface area contributed by atoms with Crippen LogP contribution in [0.4, 0.5) is 0 Å². The Morgan fingerprint density at radius 2 is 1.71 bits per heavy atom. The molecule has 5 rings (SSSR count). The molecule has 2 amide bonds. The van der Waals surface area contributed by atoms with Crippen LogP contribution in [0.5, 0.6) is 5.75 Å². The van der Waals surface area contributed by atoms with Crippen LogP contribution in [0.15, 0.2) is 48.5 Å². The molecular weight excluding hydrogens is 428 g/mol. The molecule has 2 bridgehead atoms. The molecule has 0 aromatic heterocycles. The van der Waals surface area contributed by atoms with Gasteiger partial charge in [0.25, 0.3) is 11.8 Å². The average Bonchev–Trinajstić information content (AvgIpc) is 2.86. The van der Waals surface area contributed by atoms with E-state index in [-0.39, 0.29) is 17.2 Å². The van der Waals surface area contributed by atoms with E-state index in [0.717, 1.165) is 50.8 Å². The summed E-state index contributed by atoms with van der Waals surface area (Å²) in [5.41, 5.74) is 2.51. The number of fused-ring (bicyclic) bond motifs is 9. The van der Waals surface area contributed by atoms with Crippen LogP contribution in [0.1, 0.15) is 58.4 Å². The summed E-state index contributed by atoms with van der Waals surface area (Å²) >= 11 is 0. The highest BCUT2D eigenvalue weighted by atomic mass is 16.5. The first-order chi connectivity index (χ1) is 16.5. The molecule has 34 heavy (non-hydrogen) atoms. The number of methoxy groups -OCH3 is 1. The van der Waals surface area contributed by atoms with Crippen molar-refractivity contribution in [2.24, 2.45) is 5.41 Å². The molecule has 182 valence electrons. The molecule has 3 aliphatic rings. The van der Waals surface area contributed by atoms with Gasteiger partial charge in [-0.15, -0.1) is 0 Å².